The molecule has 0 fully saturated rings. The van der Waals surface area contributed by atoms with Gasteiger partial charge >= 0.3 is 0 Å². The minimum atomic E-state index is -0.318. The van der Waals surface area contributed by atoms with Crippen LogP contribution in [0.25, 0.3) is 11.3 Å². The van der Waals surface area contributed by atoms with Gasteiger partial charge in [-0.3, -0.25) is 14.2 Å². The van der Waals surface area contributed by atoms with Crippen molar-refractivity contribution in [2.45, 2.75) is 25.7 Å². The van der Waals surface area contributed by atoms with E-state index in [1.54, 1.807) is 6.07 Å². The third kappa shape index (κ3) is 3.97. The van der Waals surface area contributed by atoms with Crippen LogP contribution in [0.5, 0.6) is 0 Å². The van der Waals surface area contributed by atoms with Crippen molar-refractivity contribution >= 4 is 40.4 Å². The van der Waals surface area contributed by atoms with Gasteiger partial charge in [-0.25, -0.2) is 0 Å². The smallest absolute Gasteiger partial charge is 0.228 e. The predicted molar refractivity (Wildman–Crippen MR) is 139 cm³/mol. The lowest BCUT2D eigenvalue weighted by Gasteiger charge is -2.14. The molecule has 1 atom stereocenters. The van der Waals surface area contributed by atoms with Gasteiger partial charge in [-0.1, -0.05) is 48.0 Å². The molecule has 36 heavy (non-hydrogen) atoms. The monoisotopic (exact) mass is 495 g/mol. The van der Waals surface area contributed by atoms with Gasteiger partial charge in [-0.2, -0.15) is 0 Å². The van der Waals surface area contributed by atoms with Crippen molar-refractivity contribution in [3.63, 3.8) is 0 Å². The zero-order valence-corrected chi connectivity index (χ0v) is 20.2. The fourth-order valence-electron chi connectivity index (χ4n) is 4.93. The first kappa shape index (κ1) is 22.2. The molecular formula is C28H22ClN5O2. The second kappa shape index (κ2) is 8.77. The van der Waals surface area contributed by atoms with E-state index in [1.807, 2.05) is 66.1 Å². The van der Waals surface area contributed by atoms with Crippen molar-refractivity contribution in [3.8, 4) is 5.69 Å². The summed E-state index contributed by atoms with van der Waals surface area (Å²) in [5.41, 5.74) is 6.34. The molecule has 2 aliphatic rings. The van der Waals surface area contributed by atoms with Gasteiger partial charge in [0.25, 0.3) is 0 Å². The fraction of sp³-hybridized carbons (Fsp3) is 0.143. The average Bonchev–Trinajstić information content (AvgIpc) is 3.39. The highest BCUT2D eigenvalue weighted by atomic mass is 35.5. The van der Waals surface area contributed by atoms with Gasteiger partial charge in [0.15, 0.2) is 0 Å². The summed E-state index contributed by atoms with van der Waals surface area (Å²) in [7, 11) is 0. The number of rotatable bonds is 4. The molecule has 0 radical (unpaired) electrons. The number of fused-ring (bicyclic) bond motifs is 4. The number of anilines is 2. The lowest BCUT2D eigenvalue weighted by Crippen LogP contribution is -2.17. The molecule has 1 aromatic heterocycles. The first-order valence-electron chi connectivity index (χ1n) is 11.7. The van der Waals surface area contributed by atoms with Crippen molar-refractivity contribution < 1.29 is 9.59 Å². The lowest BCUT2D eigenvalue weighted by atomic mass is 9.92. The van der Waals surface area contributed by atoms with Crippen molar-refractivity contribution in [1.82, 2.24) is 14.8 Å². The van der Waals surface area contributed by atoms with E-state index >= 15 is 0 Å². The molecule has 8 heteroatoms. The van der Waals surface area contributed by atoms with Crippen LogP contribution in [0.2, 0.25) is 5.02 Å². The molecule has 0 bridgehead atoms. The summed E-state index contributed by atoms with van der Waals surface area (Å²) in [6.07, 6.45) is 2.59. The Morgan fingerprint density at radius 1 is 1.11 bits per heavy atom. The first-order chi connectivity index (χ1) is 17.5. The average molecular weight is 496 g/mol. The topological polar surface area (TPSA) is 88.9 Å². The molecule has 178 valence electrons. The van der Waals surface area contributed by atoms with Crippen LogP contribution in [0.3, 0.4) is 0 Å². The number of carbonyl (C=O) groups excluding carboxylic acids is 2. The number of nitrogens with one attached hydrogen (secondary N) is 2. The normalized spacial score (nSPS) is 15.8. The highest BCUT2D eigenvalue weighted by molar-refractivity contribution is 6.30. The van der Waals surface area contributed by atoms with Gasteiger partial charge in [0.05, 0.1) is 12.1 Å². The Kier molecular flexibility index (Phi) is 5.42. The molecule has 1 unspecified atom stereocenters. The van der Waals surface area contributed by atoms with E-state index in [0.29, 0.717) is 23.0 Å². The van der Waals surface area contributed by atoms with Gasteiger partial charge in [-0.15, -0.1) is 10.2 Å². The minimum absolute atomic E-state index is 0.0407. The van der Waals surface area contributed by atoms with E-state index in [2.05, 4.69) is 33.0 Å². The number of aromatic nitrogens is 3. The predicted octanol–water partition coefficient (Wildman–Crippen LogP) is 5.28. The molecule has 0 spiro atoms. The maximum atomic E-state index is 13.2. The number of hydrogen-bond donors (Lipinski definition) is 2. The maximum Gasteiger partial charge on any atom is 0.228 e. The molecule has 2 aliphatic heterocycles. The van der Waals surface area contributed by atoms with E-state index < -0.39 is 0 Å². The highest BCUT2D eigenvalue weighted by Gasteiger charge is 2.28. The van der Waals surface area contributed by atoms with Crippen molar-refractivity contribution in [2.75, 3.05) is 10.6 Å². The van der Waals surface area contributed by atoms with Crippen molar-refractivity contribution in [2.24, 2.45) is 0 Å². The van der Waals surface area contributed by atoms with Crippen molar-refractivity contribution in [3.05, 3.63) is 106 Å². The van der Waals surface area contributed by atoms with Gasteiger partial charge < -0.3 is 10.6 Å². The number of aryl methyl sites for hydroxylation is 1. The summed E-state index contributed by atoms with van der Waals surface area (Å²) >= 11 is 6.16. The van der Waals surface area contributed by atoms with Gasteiger partial charge in [0.2, 0.25) is 11.8 Å². The zero-order valence-electron chi connectivity index (χ0n) is 19.5. The lowest BCUT2D eigenvalue weighted by molar-refractivity contribution is -0.116. The van der Waals surface area contributed by atoms with Crippen LogP contribution in [0.4, 0.5) is 11.4 Å². The minimum Gasteiger partial charge on any atom is -0.326 e. The molecule has 0 saturated heterocycles. The maximum absolute atomic E-state index is 13.2. The molecule has 0 aliphatic carbocycles. The van der Waals surface area contributed by atoms with Crippen LogP contribution >= 0.6 is 11.6 Å². The Morgan fingerprint density at radius 2 is 1.92 bits per heavy atom. The largest absolute Gasteiger partial charge is 0.326 e. The molecular weight excluding hydrogens is 474 g/mol. The standard InChI is InChI=1S/C28H22ClN5O2/c1-16-32-33-28-19(15-26(35)30-21-10-11-24-18(12-21)14-27(36)31-24)13-23(17-6-8-20(29)9-7-17)22-4-2-3-5-25(22)34(16)28/h2-13,19H,14-15H2,1H3,(H,30,35)(H,31,36). The molecule has 4 aromatic rings. The molecule has 2 amide bonds. The number of amides is 2. The molecule has 0 saturated carbocycles. The van der Waals surface area contributed by atoms with E-state index in [4.69, 9.17) is 11.6 Å². The van der Waals surface area contributed by atoms with E-state index in [0.717, 1.165) is 39.5 Å². The third-order valence-electron chi connectivity index (χ3n) is 6.56. The molecule has 2 N–H and O–H groups in total. The third-order valence-corrected chi connectivity index (χ3v) is 6.81. The van der Waals surface area contributed by atoms with Crippen molar-refractivity contribution in [1.29, 1.82) is 0 Å². The summed E-state index contributed by atoms with van der Waals surface area (Å²) in [5, 5.41) is 15.3. The van der Waals surface area contributed by atoms with Crippen LogP contribution < -0.4 is 10.6 Å². The molecule has 3 aromatic carbocycles. The molecule has 6 rings (SSSR count). The molecule has 3 heterocycles. The Morgan fingerprint density at radius 3 is 2.75 bits per heavy atom. The summed E-state index contributed by atoms with van der Waals surface area (Å²) < 4.78 is 2.03. The summed E-state index contributed by atoms with van der Waals surface area (Å²) in [6, 6.07) is 21.3. The number of halogens is 1. The fourth-order valence-corrected chi connectivity index (χ4v) is 5.05. The number of hydrogen-bond acceptors (Lipinski definition) is 4. The van der Waals surface area contributed by atoms with Crippen LogP contribution in [0.15, 0.2) is 72.8 Å². The van der Waals surface area contributed by atoms with Gasteiger partial charge in [0, 0.05) is 34.3 Å². The second-order valence-electron chi connectivity index (χ2n) is 9.00. The summed E-state index contributed by atoms with van der Waals surface area (Å²) in [4.78, 5) is 24.9. The summed E-state index contributed by atoms with van der Waals surface area (Å²) in [5.74, 6) is 0.956. The van der Waals surface area contributed by atoms with E-state index in [-0.39, 0.29) is 24.2 Å². The van der Waals surface area contributed by atoms with E-state index in [1.165, 1.54) is 0 Å². The zero-order chi connectivity index (χ0) is 24.8. The molecule has 7 nitrogen and oxygen atoms in total. The number of allylic oxidation sites excluding steroid dienone is 1. The Hall–Kier alpha value is -4.23. The Labute approximate surface area is 212 Å². The number of nitrogens with zero attached hydrogens (tertiary/aromatic N) is 3. The SMILES string of the molecule is Cc1nnc2n1-c1ccccc1C(c1ccc(Cl)cc1)=CC2CC(=O)Nc1ccc2c(c1)CC(=O)N2. The summed E-state index contributed by atoms with van der Waals surface area (Å²) in [6.45, 7) is 1.91. The second-order valence-corrected chi connectivity index (χ2v) is 9.44. The van der Waals surface area contributed by atoms with Crippen LogP contribution in [0, 0.1) is 6.92 Å². The van der Waals surface area contributed by atoms with Gasteiger partial charge in [0.1, 0.15) is 11.6 Å². The Balaban J connectivity index is 1.38. The van der Waals surface area contributed by atoms with E-state index in [9.17, 15) is 9.59 Å². The highest BCUT2D eigenvalue weighted by Crippen LogP contribution is 2.38. The van der Waals surface area contributed by atoms with Crippen LogP contribution in [-0.2, 0) is 16.0 Å². The Bertz CT molecular complexity index is 1550. The van der Waals surface area contributed by atoms with Crippen LogP contribution in [0.1, 0.15) is 40.7 Å². The number of carbonyl (C=O) groups is 2. The van der Waals surface area contributed by atoms with Gasteiger partial charge in [-0.05, 0) is 60.0 Å². The quantitative estimate of drug-likeness (QED) is 0.403. The number of para-hydroxylation sites is 1. The number of benzene rings is 3. The van der Waals surface area contributed by atoms with Crippen LogP contribution in [-0.4, -0.2) is 26.6 Å². The first-order valence-corrected chi connectivity index (χ1v) is 12.1.